The molecule has 29 heavy (non-hydrogen) atoms. The van der Waals surface area contributed by atoms with Gasteiger partial charge in [-0.1, -0.05) is 18.2 Å². The molecule has 2 aliphatic heterocycles. The monoisotopic (exact) mass is 394 g/mol. The lowest BCUT2D eigenvalue weighted by atomic mass is 9.87. The number of nitrogens with zero attached hydrogens (tertiary/aromatic N) is 2. The first-order chi connectivity index (χ1) is 14.2. The third-order valence-corrected chi connectivity index (χ3v) is 7.48. The second-order valence-electron chi connectivity index (χ2n) is 8.98. The molecular weight excluding hydrogens is 368 g/mol. The van der Waals surface area contributed by atoms with Crippen LogP contribution in [0.25, 0.3) is 10.9 Å². The van der Waals surface area contributed by atoms with Crippen molar-refractivity contribution in [2.24, 2.45) is 17.8 Å². The molecule has 5 unspecified atom stereocenters. The van der Waals surface area contributed by atoms with Gasteiger partial charge in [0, 0.05) is 37.1 Å². The van der Waals surface area contributed by atoms with Crippen LogP contribution in [0.2, 0.25) is 0 Å². The van der Waals surface area contributed by atoms with Crippen molar-refractivity contribution < 1.29 is 14.3 Å². The average Bonchev–Trinajstić information content (AvgIpc) is 3.48. The summed E-state index contributed by atoms with van der Waals surface area (Å²) in [6, 6.07) is 9.95. The molecule has 1 aromatic heterocycles. The van der Waals surface area contributed by atoms with Crippen molar-refractivity contribution in [1.82, 2.24) is 20.1 Å². The predicted molar refractivity (Wildman–Crippen MR) is 108 cm³/mol. The number of H-pyrrole nitrogens is 1. The Morgan fingerprint density at radius 1 is 1.03 bits per heavy atom. The fraction of sp³-hybridized carbons (Fsp3) is 0.545. The van der Waals surface area contributed by atoms with Crippen molar-refractivity contribution in [3.8, 4) is 0 Å². The largest absolute Gasteiger partial charge is 0.375 e. The quantitative estimate of drug-likeness (QED) is 0.819. The number of para-hydroxylation sites is 1. The Morgan fingerprint density at radius 3 is 2.66 bits per heavy atom. The molecule has 3 heterocycles. The van der Waals surface area contributed by atoms with E-state index in [1.54, 1.807) is 0 Å². The molecule has 7 nitrogen and oxygen atoms in total. The number of hydrogen-bond acceptors (Lipinski definition) is 3. The van der Waals surface area contributed by atoms with Gasteiger partial charge in [0.05, 0.1) is 18.8 Å². The van der Waals surface area contributed by atoms with Crippen LogP contribution in [0.15, 0.2) is 30.3 Å². The Labute approximate surface area is 169 Å². The number of piperazine rings is 1. The van der Waals surface area contributed by atoms with E-state index >= 15 is 0 Å². The van der Waals surface area contributed by atoms with Gasteiger partial charge in [0.15, 0.2) is 0 Å². The van der Waals surface area contributed by atoms with Crippen molar-refractivity contribution in [1.29, 1.82) is 0 Å². The van der Waals surface area contributed by atoms with Crippen LogP contribution >= 0.6 is 0 Å². The van der Waals surface area contributed by atoms with E-state index in [0.717, 1.165) is 23.4 Å². The van der Waals surface area contributed by atoms with Crippen LogP contribution in [-0.2, 0) is 4.74 Å². The minimum atomic E-state index is -0.00712. The number of carbonyl (C=O) groups excluding carboxylic acids is 2. The lowest BCUT2D eigenvalue weighted by Crippen LogP contribution is -2.56. The number of aromatic amines is 1. The van der Waals surface area contributed by atoms with E-state index in [1.165, 1.54) is 12.8 Å². The maximum Gasteiger partial charge on any atom is 0.317 e. The van der Waals surface area contributed by atoms with Gasteiger partial charge in [0.25, 0.3) is 5.91 Å². The number of aromatic nitrogens is 1. The van der Waals surface area contributed by atoms with E-state index in [2.05, 4.69) is 10.3 Å². The molecule has 2 saturated carbocycles. The number of amides is 3. The first-order valence-electron chi connectivity index (χ1n) is 10.7. The van der Waals surface area contributed by atoms with Crippen molar-refractivity contribution in [3.63, 3.8) is 0 Å². The van der Waals surface area contributed by atoms with Gasteiger partial charge in [-0.15, -0.1) is 0 Å². The summed E-state index contributed by atoms with van der Waals surface area (Å²) in [5.41, 5.74) is 1.58. The highest BCUT2D eigenvalue weighted by Crippen LogP contribution is 2.53. The summed E-state index contributed by atoms with van der Waals surface area (Å²) in [6.07, 6.45) is 2.61. The molecule has 3 amide bonds. The summed E-state index contributed by atoms with van der Waals surface area (Å²) < 4.78 is 5.96. The van der Waals surface area contributed by atoms with Crippen LogP contribution in [0.1, 0.15) is 23.3 Å². The predicted octanol–water partition coefficient (Wildman–Crippen LogP) is 2.06. The Kier molecular flexibility index (Phi) is 3.88. The van der Waals surface area contributed by atoms with Gasteiger partial charge in [-0.2, -0.15) is 0 Å². The van der Waals surface area contributed by atoms with Gasteiger partial charge in [-0.3, -0.25) is 4.79 Å². The van der Waals surface area contributed by atoms with E-state index in [9.17, 15) is 9.59 Å². The molecule has 152 valence electrons. The Bertz CT molecular complexity index is 929. The van der Waals surface area contributed by atoms with Crippen LogP contribution in [0.4, 0.5) is 4.79 Å². The van der Waals surface area contributed by atoms with E-state index in [4.69, 9.17) is 4.74 Å². The third-order valence-electron chi connectivity index (χ3n) is 7.48. The second kappa shape index (κ2) is 6.49. The summed E-state index contributed by atoms with van der Waals surface area (Å²) >= 11 is 0. The molecule has 2 aromatic rings. The van der Waals surface area contributed by atoms with E-state index in [1.807, 2.05) is 40.1 Å². The number of benzene rings is 1. The van der Waals surface area contributed by atoms with Crippen molar-refractivity contribution in [2.45, 2.75) is 25.0 Å². The van der Waals surface area contributed by atoms with Gasteiger partial charge in [-0.25, -0.2) is 4.79 Å². The minimum Gasteiger partial charge on any atom is -0.375 e. The Morgan fingerprint density at radius 2 is 1.83 bits per heavy atom. The zero-order valence-corrected chi connectivity index (χ0v) is 16.3. The SMILES string of the molecule is O=C(NC1C2CC3COC1C3C2)N1CCN(C(=O)c2cc3ccccc3[nH]2)CC1. The number of rotatable bonds is 2. The van der Waals surface area contributed by atoms with Crippen molar-refractivity contribution >= 4 is 22.8 Å². The first kappa shape index (κ1) is 17.3. The summed E-state index contributed by atoms with van der Waals surface area (Å²) in [4.78, 5) is 32.6. The maximum absolute atomic E-state index is 12.9. The van der Waals surface area contributed by atoms with Crippen LogP contribution in [-0.4, -0.2) is 71.7 Å². The molecular formula is C22H26N4O3. The number of ether oxygens (including phenoxy) is 1. The highest BCUT2D eigenvalue weighted by atomic mass is 16.5. The highest BCUT2D eigenvalue weighted by Gasteiger charge is 2.57. The van der Waals surface area contributed by atoms with Crippen molar-refractivity contribution in [3.05, 3.63) is 36.0 Å². The number of hydrogen-bond donors (Lipinski definition) is 2. The molecule has 4 fully saturated rings. The van der Waals surface area contributed by atoms with Gasteiger partial charge < -0.3 is 24.8 Å². The standard InChI is InChI=1S/C22H26N4O3/c27-21(18-11-13-3-1-2-4-17(13)23-18)25-5-7-26(8-6-25)22(28)24-19-14-9-15-12-29-20(19)16(15)10-14/h1-4,11,14-16,19-20,23H,5-10,12H2,(H,24,28). The van der Waals surface area contributed by atoms with Gasteiger partial charge >= 0.3 is 6.03 Å². The molecule has 2 N–H and O–H groups in total. The lowest BCUT2D eigenvalue weighted by Gasteiger charge is -2.36. The number of nitrogens with one attached hydrogen (secondary N) is 2. The number of urea groups is 1. The van der Waals surface area contributed by atoms with E-state index < -0.39 is 0 Å². The molecule has 7 heteroatoms. The molecule has 6 rings (SSSR count). The molecule has 5 atom stereocenters. The molecule has 0 radical (unpaired) electrons. The molecule has 2 bridgehead atoms. The van der Waals surface area contributed by atoms with Gasteiger partial charge in [0.1, 0.15) is 5.69 Å². The zero-order chi connectivity index (χ0) is 19.5. The molecule has 0 spiro atoms. The van der Waals surface area contributed by atoms with Crippen molar-refractivity contribution in [2.75, 3.05) is 32.8 Å². The topological polar surface area (TPSA) is 77.7 Å². The summed E-state index contributed by atoms with van der Waals surface area (Å²) in [5.74, 6) is 1.94. The van der Waals surface area contributed by atoms with Gasteiger partial charge in [-0.05, 0) is 42.7 Å². The molecule has 1 aromatic carbocycles. The van der Waals surface area contributed by atoms with Crippen LogP contribution in [0.5, 0.6) is 0 Å². The average molecular weight is 394 g/mol. The lowest BCUT2D eigenvalue weighted by molar-refractivity contribution is 0.0625. The number of carbonyl (C=O) groups is 2. The zero-order valence-electron chi connectivity index (χ0n) is 16.3. The molecule has 2 saturated heterocycles. The minimum absolute atomic E-state index is 0.000224. The summed E-state index contributed by atoms with van der Waals surface area (Å²) in [7, 11) is 0. The van der Waals surface area contributed by atoms with Crippen LogP contribution in [0, 0.1) is 17.8 Å². The first-order valence-corrected chi connectivity index (χ1v) is 10.7. The fourth-order valence-corrected chi connectivity index (χ4v) is 5.99. The highest BCUT2D eigenvalue weighted by molar-refractivity contribution is 5.98. The van der Waals surface area contributed by atoms with Gasteiger partial charge in [0.2, 0.25) is 0 Å². The fourth-order valence-electron chi connectivity index (χ4n) is 5.99. The normalized spacial score (nSPS) is 32.9. The smallest absolute Gasteiger partial charge is 0.317 e. The second-order valence-corrected chi connectivity index (χ2v) is 8.98. The maximum atomic E-state index is 12.9. The molecule has 2 aliphatic carbocycles. The van der Waals surface area contributed by atoms with E-state index in [0.29, 0.717) is 43.7 Å². The van der Waals surface area contributed by atoms with Crippen LogP contribution < -0.4 is 5.32 Å². The Balaban J connectivity index is 1.07. The third kappa shape index (κ3) is 2.74. The van der Waals surface area contributed by atoms with E-state index in [-0.39, 0.29) is 24.1 Å². The number of fused-ring (bicyclic) bond motifs is 2. The van der Waals surface area contributed by atoms with Crippen LogP contribution in [0.3, 0.4) is 0 Å². The Hall–Kier alpha value is -2.54. The summed E-state index contributed by atoms with van der Waals surface area (Å²) in [5, 5.41) is 4.29. The summed E-state index contributed by atoms with van der Waals surface area (Å²) in [6.45, 7) is 3.10. The molecule has 4 aliphatic rings.